The zero-order chi connectivity index (χ0) is 19.8. The number of pyridine rings is 1. The molecule has 4 rings (SSSR count). The molecule has 0 atom stereocenters. The summed E-state index contributed by atoms with van der Waals surface area (Å²) in [4.78, 5) is 25.4. The number of aromatic nitrogens is 3. The maximum absolute atomic E-state index is 13.0. The molecule has 0 radical (unpaired) electrons. The van der Waals surface area contributed by atoms with Crippen LogP contribution in [0.3, 0.4) is 0 Å². The molecule has 0 N–H and O–H groups in total. The fraction of sp³-hybridized carbons (Fsp3) is 0.0952. The smallest absolute Gasteiger partial charge is 0.341 e. The number of hydrogen-bond donors (Lipinski definition) is 0. The molecule has 0 unspecified atom stereocenters. The molecular formula is C21H16ClN3O3. The van der Waals surface area contributed by atoms with E-state index in [0.717, 1.165) is 11.3 Å². The minimum absolute atomic E-state index is 0.200. The third kappa shape index (κ3) is 2.97. The van der Waals surface area contributed by atoms with Crippen LogP contribution in [0.2, 0.25) is 5.02 Å². The van der Waals surface area contributed by atoms with Gasteiger partial charge in [-0.2, -0.15) is 9.78 Å². The van der Waals surface area contributed by atoms with Crippen LogP contribution in [-0.2, 0) is 4.74 Å². The molecule has 28 heavy (non-hydrogen) atoms. The molecule has 7 heteroatoms. The lowest BCUT2D eigenvalue weighted by Gasteiger charge is -2.14. The molecule has 0 aliphatic carbocycles. The standard InChI is InChI=1S/C21H16ClN3O3/c1-13-8-9-14(22)10-18(13)24-11-16-19(17(12-24)21(27)28-2)23-25(20(16)26)15-6-4-3-5-7-15/h3-12H,1-2H3. The number of hydrogen-bond acceptors (Lipinski definition) is 4. The van der Waals surface area contributed by atoms with Gasteiger partial charge in [-0.05, 0) is 36.8 Å². The number of methoxy groups -OCH3 is 1. The highest BCUT2D eigenvalue weighted by Gasteiger charge is 2.25. The Morgan fingerprint density at radius 3 is 2.57 bits per heavy atom. The lowest BCUT2D eigenvalue weighted by molar-refractivity contribution is 0.0600. The Bertz CT molecular complexity index is 1210. The Hall–Kier alpha value is -3.38. The number of benzene rings is 2. The van der Waals surface area contributed by atoms with Crippen molar-refractivity contribution < 1.29 is 9.53 Å². The van der Waals surface area contributed by atoms with Crippen molar-refractivity contribution in [2.24, 2.45) is 0 Å². The zero-order valence-corrected chi connectivity index (χ0v) is 16.0. The topological polar surface area (TPSA) is 66.1 Å². The maximum Gasteiger partial charge on any atom is 0.341 e. The van der Waals surface area contributed by atoms with Gasteiger partial charge in [0.2, 0.25) is 0 Å². The minimum Gasteiger partial charge on any atom is -0.465 e. The van der Waals surface area contributed by atoms with Gasteiger partial charge in [0, 0.05) is 23.1 Å². The van der Waals surface area contributed by atoms with E-state index in [1.165, 1.54) is 11.8 Å². The summed E-state index contributed by atoms with van der Waals surface area (Å²) in [6, 6.07) is 14.5. The van der Waals surface area contributed by atoms with Gasteiger partial charge in [-0.15, -0.1) is 0 Å². The van der Waals surface area contributed by atoms with Gasteiger partial charge in [-0.3, -0.25) is 4.79 Å². The molecule has 2 aromatic rings. The van der Waals surface area contributed by atoms with E-state index in [4.69, 9.17) is 16.3 Å². The zero-order valence-electron chi connectivity index (χ0n) is 15.2. The van der Waals surface area contributed by atoms with E-state index in [-0.39, 0.29) is 16.8 Å². The first-order valence-corrected chi connectivity index (χ1v) is 8.92. The average molecular weight is 394 g/mol. The number of aryl methyl sites for hydroxylation is 1. The van der Waals surface area contributed by atoms with Crippen LogP contribution in [0, 0.1) is 6.92 Å². The molecule has 140 valence electrons. The molecule has 0 saturated carbocycles. The van der Waals surface area contributed by atoms with Gasteiger partial charge in [-0.1, -0.05) is 35.9 Å². The number of rotatable bonds is 3. The lowest BCUT2D eigenvalue weighted by atomic mass is 10.1. The predicted octanol–water partition coefficient (Wildman–Crippen LogP) is 3.88. The third-order valence-corrected chi connectivity index (χ3v) is 4.76. The first-order valence-electron chi connectivity index (χ1n) is 8.55. The summed E-state index contributed by atoms with van der Waals surface area (Å²) in [7, 11) is 1.29. The van der Waals surface area contributed by atoms with Gasteiger partial charge >= 0.3 is 5.97 Å². The fourth-order valence-corrected chi connectivity index (χ4v) is 3.28. The summed E-state index contributed by atoms with van der Waals surface area (Å²) in [6.45, 7) is 1.92. The number of fused-ring (bicyclic) bond motifs is 1. The van der Waals surface area contributed by atoms with E-state index in [1.807, 2.05) is 31.2 Å². The second-order valence-electron chi connectivity index (χ2n) is 6.32. The van der Waals surface area contributed by atoms with Crippen molar-refractivity contribution in [3.05, 3.63) is 87.4 Å². The molecule has 0 saturated heterocycles. The summed E-state index contributed by atoms with van der Waals surface area (Å²) in [5.74, 6) is -0.572. The van der Waals surface area contributed by atoms with Crippen molar-refractivity contribution in [1.29, 1.82) is 0 Å². The highest BCUT2D eigenvalue weighted by atomic mass is 35.5. The Morgan fingerprint density at radius 1 is 1.11 bits per heavy atom. The molecule has 2 heterocycles. The Balaban J connectivity index is 2.03. The summed E-state index contributed by atoms with van der Waals surface area (Å²) in [5, 5.41) is 4.94. The number of esters is 1. The monoisotopic (exact) mass is 393 g/mol. The number of ether oxygens (including phenoxy) is 1. The van der Waals surface area contributed by atoms with Crippen molar-refractivity contribution in [3.8, 4) is 22.6 Å². The third-order valence-electron chi connectivity index (χ3n) is 4.52. The maximum atomic E-state index is 13.0. The quantitative estimate of drug-likeness (QED) is 0.495. The average Bonchev–Trinajstić information content (AvgIpc) is 3.06. The summed E-state index contributed by atoms with van der Waals surface area (Å²) in [6.07, 6.45) is 3.27. The largest absolute Gasteiger partial charge is 0.465 e. The van der Waals surface area contributed by atoms with Crippen LogP contribution in [0.5, 0.6) is 0 Å². The second-order valence-corrected chi connectivity index (χ2v) is 6.75. The highest BCUT2D eigenvalue weighted by molar-refractivity contribution is 6.30. The number of carbonyl (C=O) groups excluding carboxylic acids is 1. The van der Waals surface area contributed by atoms with Gasteiger partial charge in [0.25, 0.3) is 5.56 Å². The molecule has 0 spiro atoms. The SMILES string of the molecule is COC(=O)c1cn(-c2cc(Cl)ccc2C)cc2c(=O)n(-c3ccccc3)nc1-2. The molecule has 6 nitrogen and oxygen atoms in total. The van der Waals surface area contributed by atoms with Gasteiger partial charge in [0.05, 0.1) is 18.4 Å². The van der Waals surface area contributed by atoms with Crippen molar-refractivity contribution in [3.63, 3.8) is 0 Å². The molecule has 0 amide bonds. The van der Waals surface area contributed by atoms with E-state index in [0.29, 0.717) is 16.3 Å². The van der Waals surface area contributed by atoms with E-state index < -0.39 is 5.97 Å². The number of nitrogens with zero attached hydrogens (tertiary/aromatic N) is 3. The first-order chi connectivity index (χ1) is 13.5. The van der Waals surface area contributed by atoms with Crippen molar-refractivity contribution in [2.45, 2.75) is 6.92 Å². The second kappa shape index (κ2) is 6.98. The normalized spacial score (nSPS) is 11.0. The van der Waals surface area contributed by atoms with Gasteiger partial charge in [0.1, 0.15) is 11.3 Å². The van der Waals surface area contributed by atoms with Crippen LogP contribution in [0.4, 0.5) is 0 Å². The van der Waals surface area contributed by atoms with Crippen LogP contribution < -0.4 is 5.56 Å². The van der Waals surface area contributed by atoms with Gasteiger partial charge < -0.3 is 9.30 Å². The van der Waals surface area contributed by atoms with E-state index >= 15 is 0 Å². The number of para-hydroxylation sites is 1. The van der Waals surface area contributed by atoms with E-state index in [1.54, 1.807) is 41.2 Å². The van der Waals surface area contributed by atoms with E-state index in [9.17, 15) is 9.59 Å². The fourth-order valence-electron chi connectivity index (χ4n) is 3.11. The molecule has 0 bridgehead atoms. The van der Waals surface area contributed by atoms with Crippen molar-refractivity contribution in [1.82, 2.24) is 14.3 Å². The Labute approximate surface area is 165 Å². The summed E-state index contributed by atoms with van der Waals surface area (Å²) >= 11 is 6.15. The minimum atomic E-state index is -0.572. The van der Waals surface area contributed by atoms with E-state index in [2.05, 4.69) is 5.10 Å². The highest BCUT2D eigenvalue weighted by Crippen LogP contribution is 2.27. The molecule has 0 fully saturated rings. The molecule has 2 aliphatic heterocycles. The van der Waals surface area contributed by atoms with Crippen LogP contribution in [0.25, 0.3) is 22.6 Å². The first kappa shape index (κ1) is 18.0. The lowest BCUT2D eigenvalue weighted by Crippen LogP contribution is -2.15. The van der Waals surface area contributed by atoms with Gasteiger partial charge in [-0.25, -0.2) is 4.79 Å². The van der Waals surface area contributed by atoms with Crippen LogP contribution in [0.15, 0.2) is 65.7 Å². The van der Waals surface area contributed by atoms with Crippen molar-refractivity contribution >= 4 is 17.6 Å². The van der Waals surface area contributed by atoms with Gasteiger partial charge in [0.15, 0.2) is 0 Å². The molecule has 2 aliphatic rings. The van der Waals surface area contributed by atoms with Crippen LogP contribution in [-0.4, -0.2) is 27.4 Å². The summed E-state index contributed by atoms with van der Waals surface area (Å²) < 4.78 is 7.90. The molecule has 2 aromatic carbocycles. The Morgan fingerprint density at radius 2 is 1.86 bits per heavy atom. The van der Waals surface area contributed by atoms with Crippen LogP contribution >= 0.6 is 11.6 Å². The molecule has 0 aromatic heterocycles. The van der Waals surface area contributed by atoms with Crippen LogP contribution in [0.1, 0.15) is 15.9 Å². The predicted molar refractivity (Wildman–Crippen MR) is 107 cm³/mol. The summed E-state index contributed by atoms with van der Waals surface area (Å²) in [5.41, 5.74) is 2.79. The molecular weight excluding hydrogens is 378 g/mol. The Kier molecular flexibility index (Phi) is 4.49. The van der Waals surface area contributed by atoms with Crippen molar-refractivity contribution in [2.75, 3.05) is 7.11 Å². The number of halogens is 1. The number of carbonyl (C=O) groups is 1.